The molecule has 1 aromatic heterocycles. The number of amides is 1. The molecule has 0 aliphatic carbocycles. The number of halogens is 1. The Morgan fingerprint density at radius 1 is 1.45 bits per heavy atom. The van der Waals surface area contributed by atoms with Crippen LogP contribution in [0.25, 0.3) is 6.08 Å². The maximum atomic E-state index is 11.7. The average molecular weight is 361 g/mol. The lowest BCUT2D eigenvalue weighted by Gasteiger charge is -2.09. The molecule has 1 aromatic rings. The van der Waals surface area contributed by atoms with E-state index in [-0.39, 0.29) is 34.3 Å². The van der Waals surface area contributed by atoms with E-state index in [1.54, 1.807) is 13.0 Å². The van der Waals surface area contributed by atoms with Gasteiger partial charge in [-0.25, -0.2) is 13.1 Å². The summed E-state index contributed by atoms with van der Waals surface area (Å²) in [6.07, 6.45) is 2.06. The number of rotatable bonds is 2. The molecule has 10 heteroatoms. The lowest BCUT2D eigenvalue weighted by atomic mass is 10.2. The molecule has 2 saturated heterocycles. The summed E-state index contributed by atoms with van der Waals surface area (Å²) >= 11 is 11.2. The zero-order chi connectivity index (χ0) is 16.1. The Morgan fingerprint density at radius 3 is 2.73 bits per heavy atom. The Kier molecular flexibility index (Phi) is 3.74. The van der Waals surface area contributed by atoms with Crippen LogP contribution in [0, 0.1) is 6.92 Å². The van der Waals surface area contributed by atoms with Gasteiger partial charge >= 0.3 is 0 Å². The van der Waals surface area contributed by atoms with E-state index in [1.165, 1.54) is 4.68 Å². The third-order valence-corrected chi connectivity index (χ3v) is 5.97. The van der Waals surface area contributed by atoms with Gasteiger partial charge in [-0.2, -0.15) is 5.10 Å². The maximum absolute atomic E-state index is 11.7. The summed E-state index contributed by atoms with van der Waals surface area (Å²) in [7, 11) is -3.03. The molecule has 22 heavy (non-hydrogen) atoms. The molecule has 0 bridgehead atoms. The highest BCUT2D eigenvalue weighted by Gasteiger charge is 2.32. The average Bonchev–Trinajstić information content (AvgIpc) is 3.02. The van der Waals surface area contributed by atoms with Crippen molar-refractivity contribution in [3.05, 3.63) is 22.1 Å². The smallest absolute Gasteiger partial charge is 0.273 e. The molecule has 0 unspecified atom stereocenters. The lowest BCUT2D eigenvalue weighted by Crippen LogP contribution is -2.21. The predicted molar refractivity (Wildman–Crippen MR) is 86.1 cm³/mol. The fourth-order valence-electron chi connectivity index (χ4n) is 2.53. The van der Waals surface area contributed by atoms with Crippen molar-refractivity contribution in [1.29, 1.82) is 0 Å². The van der Waals surface area contributed by atoms with Gasteiger partial charge in [0.1, 0.15) is 10.9 Å². The molecule has 3 rings (SSSR count). The summed E-state index contributed by atoms with van der Waals surface area (Å²) in [6, 6.07) is -0.269. The zero-order valence-corrected chi connectivity index (χ0v) is 14.0. The topological polar surface area (TPSA) is 93.1 Å². The van der Waals surface area contributed by atoms with Gasteiger partial charge in [0, 0.05) is 5.56 Å². The van der Waals surface area contributed by atoms with Gasteiger partial charge in [0.05, 0.1) is 23.2 Å². The van der Waals surface area contributed by atoms with Crippen molar-refractivity contribution in [3.63, 3.8) is 0 Å². The van der Waals surface area contributed by atoms with Crippen LogP contribution in [-0.2, 0) is 14.6 Å². The van der Waals surface area contributed by atoms with Crippen LogP contribution in [0.15, 0.2) is 5.70 Å². The highest BCUT2D eigenvalue weighted by molar-refractivity contribution is 7.91. The van der Waals surface area contributed by atoms with E-state index in [4.69, 9.17) is 23.8 Å². The summed E-state index contributed by atoms with van der Waals surface area (Å²) < 4.78 is 24.7. The van der Waals surface area contributed by atoms with E-state index in [0.29, 0.717) is 22.8 Å². The second-order valence-corrected chi connectivity index (χ2v) is 8.25. The first-order valence-corrected chi connectivity index (χ1v) is 9.16. The van der Waals surface area contributed by atoms with E-state index in [1.807, 2.05) is 0 Å². The van der Waals surface area contributed by atoms with Crippen molar-refractivity contribution >= 4 is 50.8 Å². The number of hydrogen-bond acceptors (Lipinski definition) is 5. The predicted octanol–water partition coefficient (Wildman–Crippen LogP) is 0.550. The molecule has 1 atom stereocenters. The van der Waals surface area contributed by atoms with E-state index in [9.17, 15) is 13.2 Å². The fraction of sp³-hybridized carbons (Fsp3) is 0.417. The first-order chi connectivity index (χ1) is 10.3. The van der Waals surface area contributed by atoms with Crippen LogP contribution in [0.5, 0.6) is 0 Å². The number of carbonyl (C=O) groups excluding carboxylic acids is 1. The fourth-order valence-corrected chi connectivity index (χ4v) is 4.79. The molecule has 1 amide bonds. The van der Waals surface area contributed by atoms with Gasteiger partial charge in [0.25, 0.3) is 5.91 Å². The summed E-state index contributed by atoms with van der Waals surface area (Å²) in [4.78, 5) is 11.7. The summed E-state index contributed by atoms with van der Waals surface area (Å²) in [5.41, 5.74) is 1.48. The van der Waals surface area contributed by atoms with E-state index in [2.05, 4.69) is 15.7 Å². The molecule has 0 saturated carbocycles. The van der Waals surface area contributed by atoms with Crippen LogP contribution in [0.2, 0.25) is 5.15 Å². The van der Waals surface area contributed by atoms with Crippen molar-refractivity contribution in [2.45, 2.75) is 19.4 Å². The Hall–Kier alpha value is -1.45. The molecule has 2 fully saturated rings. The summed E-state index contributed by atoms with van der Waals surface area (Å²) in [6.45, 7) is 1.75. The number of thiocarbonyl (C=S) groups is 1. The monoisotopic (exact) mass is 360 g/mol. The number of hydrogen-bond donors (Lipinski definition) is 2. The van der Waals surface area contributed by atoms with Gasteiger partial charge in [0.15, 0.2) is 14.9 Å². The first-order valence-electron chi connectivity index (χ1n) is 6.56. The Labute approximate surface area is 137 Å². The highest BCUT2D eigenvalue weighted by atomic mass is 35.5. The molecular weight excluding hydrogens is 348 g/mol. The van der Waals surface area contributed by atoms with Crippen LogP contribution in [0.3, 0.4) is 0 Å². The van der Waals surface area contributed by atoms with Crippen molar-refractivity contribution < 1.29 is 13.2 Å². The molecule has 3 heterocycles. The number of aromatic nitrogens is 2. The van der Waals surface area contributed by atoms with Gasteiger partial charge in [-0.1, -0.05) is 11.6 Å². The number of nitrogens with zero attached hydrogens (tertiary/aromatic N) is 2. The molecule has 2 aliphatic rings. The van der Waals surface area contributed by atoms with Gasteiger partial charge in [-0.05, 0) is 31.6 Å². The van der Waals surface area contributed by atoms with Crippen molar-refractivity contribution in [2.75, 3.05) is 11.5 Å². The Morgan fingerprint density at radius 2 is 2.18 bits per heavy atom. The van der Waals surface area contributed by atoms with Crippen LogP contribution in [-0.4, -0.2) is 40.7 Å². The number of sulfone groups is 1. The maximum Gasteiger partial charge on any atom is 0.273 e. The van der Waals surface area contributed by atoms with Gasteiger partial charge < -0.3 is 5.32 Å². The van der Waals surface area contributed by atoms with Crippen molar-refractivity contribution in [1.82, 2.24) is 20.4 Å². The number of carbonyl (C=O) groups is 1. The largest absolute Gasteiger partial charge is 0.328 e. The molecular formula is C12H13ClN4O3S2. The zero-order valence-electron chi connectivity index (χ0n) is 11.6. The van der Waals surface area contributed by atoms with Gasteiger partial charge in [-0.3, -0.25) is 10.1 Å². The second kappa shape index (κ2) is 5.32. The Balaban J connectivity index is 1.96. The molecule has 0 spiro atoms. The normalized spacial score (nSPS) is 25.5. The molecule has 7 nitrogen and oxygen atoms in total. The number of nitrogens with one attached hydrogen (secondary N) is 2. The van der Waals surface area contributed by atoms with Crippen LogP contribution in [0.1, 0.15) is 23.7 Å². The first kappa shape index (κ1) is 15.4. The number of aryl methyl sites for hydroxylation is 1. The van der Waals surface area contributed by atoms with Gasteiger partial charge in [-0.15, -0.1) is 0 Å². The SMILES string of the molecule is Cc1nn([C@H]2CCS(=O)(=O)C2)c(Cl)c1/C=C1\NC(=S)NC1=O. The lowest BCUT2D eigenvalue weighted by molar-refractivity contribution is -0.115. The minimum atomic E-state index is -3.03. The molecule has 2 N–H and O–H groups in total. The quantitative estimate of drug-likeness (QED) is 0.591. The molecule has 0 radical (unpaired) electrons. The minimum Gasteiger partial charge on any atom is -0.328 e. The van der Waals surface area contributed by atoms with Crippen molar-refractivity contribution in [3.8, 4) is 0 Å². The van der Waals surface area contributed by atoms with Crippen LogP contribution in [0.4, 0.5) is 0 Å². The third kappa shape index (κ3) is 2.75. The standard InChI is InChI=1S/C12H13ClN4O3S2/c1-6-8(4-9-11(18)15-12(21)14-9)10(13)17(16-6)7-2-3-22(19,20)5-7/h4,7H,2-3,5H2,1H3,(H2,14,15,18,21)/b9-4-/t7-/m0/s1. The minimum absolute atomic E-state index is 0.0344. The Bertz CT molecular complexity index is 813. The third-order valence-electron chi connectivity index (χ3n) is 3.63. The second-order valence-electron chi connectivity index (χ2n) is 5.26. The van der Waals surface area contributed by atoms with E-state index < -0.39 is 9.84 Å². The molecule has 2 aliphatic heterocycles. The van der Waals surface area contributed by atoms with Gasteiger partial charge in [0.2, 0.25) is 0 Å². The van der Waals surface area contributed by atoms with E-state index in [0.717, 1.165) is 0 Å². The van der Waals surface area contributed by atoms with Crippen molar-refractivity contribution in [2.24, 2.45) is 0 Å². The molecule has 0 aromatic carbocycles. The van der Waals surface area contributed by atoms with E-state index >= 15 is 0 Å². The molecule has 118 valence electrons. The summed E-state index contributed by atoms with van der Waals surface area (Å²) in [5.74, 6) is -0.162. The van der Waals surface area contributed by atoms with Crippen LogP contribution >= 0.6 is 23.8 Å². The van der Waals surface area contributed by atoms with Crippen LogP contribution < -0.4 is 10.6 Å². The summed E-state index contributed by atoms with van der Waals surface area (Å²) in [5, 5.41) is 10.1. The highest BCUT2D eigenvalue weighted by Crippen LogP contribution is 2.31.